The van der Waals surface area contributed by atoms with Crippen molar-refractivity contribution in [1.29, 1.82) is 0 Å². The SMILES string of the molecule is Cc1cc(C2CCCN(CCC(=O)N3CCOCC3)C2)n[nH]1. The van der Waals surface area contributed by atoms with Crippen molar-refractivity contribution in [2.24, 2.45) is 0 Å². The molecule has 1 aromatic heterocycles. The largest absolute Gasteiger partial charge is 0.378 e. The molecule has 0 aromatic carbocycles. The van der Waals surface area contributed by atoms with Gasteiger partial charge in [-0.15, -0.1) is 0 Å². The van der Waals surface area contributed by atoms with Crippen LogP contribution >= 0.6 is 0 Å². The first-order valence-electron chi connectivity index (χ1n) is 8.32. The van der Waals surface area contributed by atoms with Crippen molar-refractivity contribution in [2.75, 3.05) is 45.9 Å². The number of carbonyl (C=O) groups excluding carboxylic acids is 1. The van der Waals surface area contributed by atoms with Gasteiger partial charge in [-0.1, -0.05) is 0 Å². The summed E-state index contributed by atoms with van der Waals surface area (Å²) in [4.78, 5) is 16.6. The van der Waals surface area contributed by atoms with Crippen LogP contribution in [-0.4, -0.2) is 71.8 Å². The summed E-state index contributed by atoms with van der Waals surface area (Å²) in [6.45, 7) is 7.85. The lowest BCUT2D eigenvalue weighted by Crippen LogP contribution is -2.43. The minimum atomic E-state index is 0.265. The molecule has 0 spiro atoms. The highest BCUT2D eigenvalue weighted by Crippen LogP contribution is 2.25. The molecule has 0 aliphatic carbocycles. The third-order valence-corrected chi connectivity index (χ3v) is 4.66. The van der Waals surface area contributed by atoms with Crippen LogP contribution in [0.1, 0.15) is 36.6 Å². The number of amides is 1. The van der Waals surface area contributed by atoms with Crippen LogP contribution in [0, 0.1) is 6.92 Å². The van der Waals surface area contributed by atoms with Gasteiger partial charge < -0.3 is 14.5 Å². The average Bonchev–Trinajstić information content (AvgIpc) is 3.00. The van der Waals surface area contributed by atoms with Crippen LogP contribution in [0.3, 0.4) is 0 Å². The molecule has 1 aromatic rings. The molecule has 2 aliphatic heterocycles. The summed E-state index contributed by atoms with van der Waals surface area (Å²) in [5, 5.41) is 7.43. The number of piperidine rings is 1. The fraction of sp³-hybridized carbons (Fsp3) is 0.750. The average molecular weight is 306 g/mol. The second-order valence-corrected chi connectivity index (χ2v) is 6.36. The fourth-order valence-corrected chi connectivity index (χ4v) is 3.37. The van der Waals surface area contributed by atoms with E-state index in [-0.39, 0.29) is 5.91 Å². The summed E-state index contributed by atoms with van der Waals surface area (Å²) in [5.41, 5.74) is 2.29. The predicted octanol–water partition coefficient (Wildman–Crippen LogP) is 1.15. The van der Waals surface area contributed by atoms with Gasteiger partial charge in [-0.3, -0.25) is 9.89 Å². The van der Waals surface area contributed by atoms with Gasteiger partial charge in [0.15, 0.2) is 0 Å². The zero-order chi connectivity index (χ0) is 15.4. The summed E-state index contributed by atoms with van der Waals surface area (Å²) in [6.07, 6.45) is 2.99. The zero-order valence-electron chi connectivity index (χ0n) is 13.4. The number of nitrogens with zero attached hydrogens (tertiary/aromatic N) is 3. The van der Waals surface area contributed by atoms with Crippen LogP contribution in [0.25, 0.3) is 0 Å². The Morgan fingerprint density at radius 2 is 2.23 bits per heavy atom. The summed E-state index contributed by atoms with van der Waals surface area (Å²) in [7, 11) is 0. The molecule has 0 bridgehead atoms. The predicted molar refractivity (Wildman–Crippen MR) is 83.8 cm³/mol. The van der Waals surface area contributed by atoms with E-state index < -0.39 is 0 Å². The van der Waals surface area contributed by atoms with E-state index in [1.807, 2.05) is 11.8 Å². The third-order valence-electron chi connectivity index (χ3n) is 4.66. The highest BCUT2D eigenvalue weighted by Gasteiger charge is 2.24. The molecule has 2 saturated heterocycles. The Kier molecular flexibility index (Phi) is 5.10. The smallest absolute Gasteiger partial charge is 0.224 e. The lowest BCUT2D eigenvalue weighted by molar-refractivity contribution is -0.135. The molecule has 1 atom stereocenters. The van der Waals surface area contributed by atoms with Crippen LogP contribution in [0.2, 0.25) is 0 Å². The Hall–Kier alpha value is -1.40. The van der Waals surface area contributed by atoms with E-state index in [2.05, 4.69) is 21.2 Å². The normalized spacial score (nSPS) is 23.7. The maximum Gasteiger partial charge on any atom is 0.224 e. The van der Waals surface area contributed by atoms with Crippen molar-refractivity contribution in [2.45, 2.75) is 32.1 Å². The van der Waals surface area contributed by atoms with Gasteiger partial charge in [-0.2, -0.15) is 5.10 Å². The molecule has 6 nitrogen and oxygen atoms in total. The second kappa shape index (κ2) is 7.24. The fourth-order valence-electron chi connectivity index (χ4n) is 3.37. The molecule has 0 saturated carbocycles. The summed E-state index contributed by atoms with van der Waals surface area (Å²) < 4.78 is 5.30. The summed E-state index contributed by atoms with van der Waals surface area (Å²) >= 11 is 0. The van der Waals surface area contributed by atoms with Crippen molar-refractivity contribution in [3.05, 3.63) is 17.5 Å². The lowest BCUT2D eigenvalue weighted by atomic mass is 9.94. The van der Waals surface area contributed by atoms with E-state index in [1.165, 1.54) is 18.5 Å². The van der Waals surface area contributed by atoms with Gasteiger partial charge in [0.05, 0.1) is 18.9 Å². The number of H-pyrrole nitrogens is 1. The molecule has 6 heteroatoms. The minimum absolute atomic E-state index is 0.265. The molecular formula is C16H26N4O2. The number of rotatable bonds is 4. The zero-order valence-corrected chi connectivity index (χ0v) is 13.4. The monoisotopic (exact) mass is 306 g/mol. The second-order valence-electron chi connectivity index (χ2n) is 6.36. The van der Waals surface area contributed by atoms with Gasteiger partial charge in [0.2, 0.25) is 5.91 Å². The molecule has 2 aliphatic rings. The number of hydrogen-bond donors (Lipinski definition) is 1. The van der Waals surface area contributed by atoms with E-state index in [0.29, 0.717) is 25.6 Å². The maximum atomic E-state index is 12.2. The molecule has 3 rings (SSSR count). The number of aromatic amines is 1. The van der Waals surface area contributed by atoms with Gasteiger partial charge >= 0.3 is 0 Å². The van der Waals surface area contributed by atoms with Crippen molar-refractivity contribution >= 4 is 5.91 Å². The van der Waals surface area contributed by atoms with Gasteiger partial charge in [-0.05, 0) is 32.4 Å². The molecule has 1 amide bonds. The number of aromatic nitrogens is 2. The number of carbonyl (C=O) groups is 1. The number of nitrogens with one attached hydrogen (secondary N) is 1. The van der Waals surface area contributed by atoms with E-state index in [1.54, 1.807) is 0 Å². The lowest BCUT2D eigenvalue weighted by Gasteiger charge is -2.33. The highest BCUT2D eigenvalue weighted by molar-refractivity contribution is 5.76. The van der Waals surface area contributed by atoms with Gasteiger partial charge in [0, 0.05) is 44.2 Å². The van der Waals surface area contributed by atoms with Crippen LogP contribution < -0.4 is 0 Å². The third kappa shape index (κ3) is 3.87. The van der Waals surface area contributed by atoms with Gasteiger partial charge in [0.25, 0.3) is 0 Å². The Morgan fingerprint density at radius 3 is 2.95 bits per heavy atom. The van der Waals surface area contributed by atoms with Crippen LogP contribution in [-0.2, 0) is 9.53 Å². The van der Waals surface area contributed by atoms with E-state index >= 15 is 0 Å². The number of morpholine rings is 1. The number of ether oxygens (including phenoxy) is 1. The number of aryl methyl sites for hydroxylation is 1. The molecule has 22 heavy (non-hydrogen) atoms. The molecule has 2 fully saturated rings. The molecule has 122 valence electrons. The van der Waals surface area contributed by atoms with Gasteiger partial charge in [-0.25, -0.2) is 0 Å². The Balaban J connectivity index is 1.47. The van der Waals surface area contributed by atoms with Crippen molar-refractivity contribution in [1.82, 2.24) is 20.0 Å². The quantitative estimate of drug-likeness (QED) is 0.906. The maximum absolute atomic E-state index is 12.2. The molecule has 1 N–H and O–H groups in total. The van der Waals surface area contributed by atoms with Crippen LogP contribution in [0.15, 0.2) is 6.07 Å². The molecule has 0 radical (unpaired) electrons. The first-order chi connectivity index (χ1) is 10.7. The Morgan fingerprint density at radius 1 is 1.41 bits per heavy atom. The van der Waals surface area contributed by atoms with Crippen molar-refractivity contribution < 1.29 is 9.53 Å². The van der Waals surface area contributed by atoms with E-state index in [9.17, 15) is 4.79 Å². The van der Waals surface area contributed by atoms with Crippen molar-refractivity contribution in [3.63, 3.8) is 0 Å². The molecular weight excluding hydrogens is 280 g/mol. The van der Waals surface area contributed by atoms with Crippen LogP contribution in [0.4, 0.5) is 0 Å². The molecule has 3 heterocycles. The van der Waals surface area contributed by atoms with E-state index in [0.717, 1.165) is 38.4 Å². The Labute approximate surface area is 131 Å². The highest BCUT2D eigenvalue weighted by atomic mass is 16.5. The minimum Gasteiger partial charge on any atom is -0.378 e. The standard InChI is InChI=1S/C16H26N4O2/c1-13-11-15(18-17-13)14-3-2-5-19(12-14)6-4-16(21)20-7-9-22-10-8-20/h11,14H,2-10,12H2,1H3,(H,17,18). The Bertz CT molecular complexity index is 496. The topological polar surface area (TPSA) is 61.5 Å². The van der Waals surface area contributed by atoms with Gasteiger partial charge in [0.1, 0.15) is 0 Å². The van der Waals surface area contributed by atoms with E-state index in [4.69, 9.17) is 4.74 Å². The summed E-state index contributed by atoms with van der Waals surface area (Å²) in [5.74, 6) is 0.762. The van der Waals surface area contributed by atoms with Crippen molar-refractivity contribution in [3.8, 4) is 0 Å². The number of hydrogen-bond acceptors (Lipinski definition) is 4. The number of likely N-dealkylation sites (tertiary alicyclic amines) is 1. The first-order valence-corrected chi connectivity index (χ1v) is 8.32. The first kappa shape index (κ1) is 15.5. The van der Waals surface area contributed by atoms with Crippen LogP contribution in [0.5, 0.6) is 0 Å². The molecule has 1 unspecified atom stereocenters. The summed E-state index contributed by atoms with van der Waals surface area (Å²) in [6, 6.07) is 2.15.